The molecule has 0 amide bonds. The van der Waals surface area contributed by atoms with Crippen LogP contribution < -0.4 is 0 Å². The summed E-state index contributed by atoms with van der Waals surface area (Å²) in [6.07, 6.45) is 0.301. The number of aliphatic hydroxyl groups excluding tert-OH is 2. The largest absolute Gasteiger partial charge is 0.395 e. The SMILES string of the molecule is Cc1cc(F)ccc1CC(CO)(CO)c1cccc(F)c1. The Kier molecular flexibility index (Phi) is 4.70. The second-order valence-electron chi connectivity index (χ2n) is 5.35. The smallest absolute Gasteiger partial charge is 0.123 e. The number of halogens is 2. The number of benzene rings is 2. The molecule has 4 heteroatoms. The highest BCUT2D eigenvalue weighted by Gasteiger charge is 2.32. The van der Waals surface area contributed by atoms with Crippen LogP contribution in [0, 0.1) is 18.6 Å². The lowest BCUT2D eigenvalue weighted by Gasteiger charge is -2.31. The van der Waals surface area contributed by atoms with Gasteiger partial charge in [0, 0.05) is 5.41 Å². The summed E-state index contributed by atoms with van der Waals surface area (Å²) in [5.74, 6) is -0.754. The molecule has 0 saturated carbocycles. The Labute approximate surface area is 122 Å². The third-order valence-electron chi connectivity index (χ3n) is 3.88. The summed E-state index contributed by atoms with van der Waals surface area (Å²) in [6.45, 7) is 1.11. The third kappa shape index (κ3) is 3.28. The molecule has 0 saturated heterocycles. The van der Waals surface area contributed by atoms with E-state index in [0.717, 1.165) is 11.1 Å². The van der Waals surface area contributed by atoms with Crippen LogP contribution in [0.4, 0.5) is 8.78 Å². The van der Waals surface area contributed by atoms with Crippen molar-refractivity contribution < 1.29 is 19.0 Å². The van der Waals surface area contributed by atoms with E-state index in [2.05, 4.69) is 0 Å². The number of hydrogen-bond acceptors (Lipinski definition) is 2. The van der Waals surface area contributed by atoms with Gasteiger partial charge in [-0.1, -0.05) is 18.2 Å². The van der Waals surface area contributed by atoms with Gasteiger partial charge in [-0.2, -0.15) is 0 Å². The van der Waals surface area contributed by atoms with Crippen LogP contribution in [0.15, 0.2) is 42.5 Å². The maximum atomic E-state index is 13.4. The Morgan fingerprint density at radius 2 is 1.62 bits per heavy atom. The van der Waals surface area contributed by atoms with Crippen LogP contribution in [-0.2, 0) is 11.8 Å². The Morgan fingerprint density at radius 3 is 2.19 bits per heavy atom. The summed E-state index contributed by atoms with van der Waals surface area (Å²) in [7, 11) is 0. The minimum atomic E-state index is -0.995. The van der Waals surface area contributed by atoms with Gasteiger partial charge in [0.15, 0.2) is 0 Å². The molecule has 0 aliphatic heterocycles. The van der Waals surface area contributed by atoms with Crippen LogP contribution in [0.2, 0.25) is 0 Å². The Balaban J connectivity index is 2.43. The summed E-state index contributed by atoms with van der Waals surface area (Å²) in [4.78, 5) is 0. The quantitative estimate of drug-likeness (QED) is 0.889. The van der Waals surface area contributed by atoms with Crippen LogP contribution in [-0.4, -0.2) is 23.4 Å². The zero-order valence-electron chi connectivity index (χ0n) is 11.8. The zero-order chi connectivity index (χ0) is 15.5. The normalized spacial score (nSPS) is 11.7. The molecule has 0 bridgehead atoms. The van der Waals surface area contributed by atoms with Gasteiger partial charge < -0.3 is 10.2 Å². The van der Waals surface area contributed by atoms with Crippen molar-refractivity contribution in [3.63, 3.8) is 0 Å². The molecular formula is C17H18F2O2. The van der Waals surface area contributed by atoms with Crippen LogP contribution in [0.25, 0.3) is 0 Å². The van der Waals surface area contributed by atoms with E-state index in [4.69, 9.17) is 0 Å². The summed E-state index contributed by atoms with van der Waals surface area (Å²) >= 11 is 0. The maximum Gasteiger partial charge on any atom is 0.123 e. The highest BCUT2D eigenvalue weighted by Crippen LogP contribution is 2.30. The molecule has 0 aromatic heterocycles. The van der Waals surface area contributed by atoms with Gasteiger partial charge in [-0.25, -0.2) is 8.78 Å². The molecule has 2 rings (SSSR count). The molecule has 0 unspecified atom stereocenters. The van der Waals surface area contributed by atoms with Gasteiger partial charge in [0.05, 0.1) is 13.2 Å². The van der Waals surface area contributed by atoms with Gasteiger partial charge in [-0.15, -0.1) is 0 Å². The van der Waals surface area contributed by atoms with E-state index in [1.54, 1.807) is 25.1 Å². The highest BCUT2D eigenvalue weighted by atomic mass is 19.1. The molecule has 2 aromatic rings. The van der Waals surface area contributed by atoms with Gasteiger partial charge >= 0.3 is 0 Å². The molecule has 0 fully saturated rings. The predicted molar refractivity (Wildman–Crippen MR) is 77.1 cm³/mol. The van der Waals surface area contributed by atoms with Crippen molar-refractivity contribution in [3.05, 3.63) is 70.8 Å². The van der Waals surface area contributed by atoms with Gasteiger partial charge in [-0.05, 0) is 54.3 Å². The summed E-state index contributed by atoms with van der Waals surface area (Å²) in [6, 6.07) is 10.2. The predicted octanol–water partition coefficient (Wildman–Crippen LogP) is 2.74. The summed E-state index contributed by atoms with van der Waals surface area (Å²) < 4.78 is 26.6. The lowest BCUT2D eigenvalue weighted by atomic mass is 9.76. The number of aliphatic hydroxyl groups is 2. The molecule has 0 atom stereocenters. The van der Waals surface area contributed by atoms with E-state index in [9.17, 15) is 19.0 Å². The first-order valence-corrected chi connectivity index (χ1v) is 6.73. The highest BCUT2D eigenvalue weighted by molar-refractivity contribution is 5.34. The standard InChI is InChI=1S/C17H18F2O2/c1-12-7-16(19)6-5-13(12)9-17(10-20,11-21)14-3-2-4-15(18)8-14/h2-8,20-21H,9-11H2,1H3. The van der Waals surface area contributed by atoms with Crippen LogP contribution >= 0.6 is 0 Å². The molecule has 0 heterocycles. The maximum absolute atomic E-state index is 13.4. The first-order chi connectivity index (χ1) is 10.0. The fourth-order valence-corrected chi connectivity index (χ4v) is 2.49. The summed E-state index contributed by atoms with van der Waals surface area (Å²) in [5, 5.41) is 19.5. The van der Waals surface area contributed by atoms with E-state index < -0.39 is 11.2 Å². The molecule has 0 aliphatic rings. The number of aryl methyl sites for hydroxylation is 1. The van der Waals surface area contributed by atoms with Crippen LogP contribution in [0.1, 0.15) is 16.7 Å². The molecule has 0 spiro atoms. The van der Waals surface area contributed by atoms with Gasteiger partial charge in [-0.3, -0.25) is 0 Å². The Morgan fingerprint density at radius 1 is 0.952 bits per heavy atom. The molecule has 2 aromatic carbocycles. The molecule has 2 nitrogen and oxygen atoms in total. The van der Waals surface area contributed by atoms with Gasteiger partial charge in [0.25, 0.3) is 0 Å². The van der Waals surface area contributed by atoms with Crippen molar-refractivity contribution in [2.45, 2.75) is 18.8 Å². The summed E-state index contributed by atoms with van der Waals surface area (Å²) in [5.41, 5.74) is 1.07. The van der Waals surface area contributed by atoms with Crippen molar-refractivity contribution in [1.29, 1.82) is 0 Å². The Bertz CT molecular complexity index is 622. The second kappa shape index (κ2) is 6.33. The lowest BCUT2D eigenvalue weighted by molar-refractivity contribution is 0.116. The van der Waals surface area contributed by atoms with Crippen molar-refractivity contribution in [1.82, 2.24) is 0 Å². The van der Waals surface area contributed by atoms with Gasteiger partial charge in [0.1, 0.15) is 11.6 Å². The van der Waals surface area contributed by atoms with Crippen LogP contribution in [0.5, 0.6) is 0 Å². The van der Waals surface area contributed by atoms with Crippen molar-refractivity contribution in [2.24, 2.45) is 0 Å². The average Bonchev–Trinajstić information content (AvgIpc) is 2.47. The first-order valence-electron chi connectivity index (χ1n) is 6.73. The zero-order valence-corrected chi connectivity index (χ0v) is 11.8. The molecule has 21 heavy (non-hydrogen) atoms. The third-order valence-corrected chi connectivity index (χ3v) is 3.88. The number of hydrogen-bond donors (Lipinski definition) is 2. The topological polar surface area (TPSA) is 40.5 Å². The average molecular weight is 292 g/mol. The van der Waals surface area contributed by atoms with E-state index in [1.807, 2.05) is 0 Å². The monoisotopic (exact) mass is 292 g/mol. The van der Waals surface area contributed by atoms with Crippen LogP contribution in [0.3, 0.4) is 0 Å². The van der Waals surface area contributed by atoms with E-state index >= 15 is 0 Å². The van der Waals surface area contributed by atoms with Crippen molar-refractivity contribution in [2.75, 3.05) is 13.2 Å². The van der Waals surface area contributed by atoms with Crippen molar-refractivity contribution >= 4 is 0 Å². The van der Waals surface area contributed by atoms with E-state index in [1.165, 1.54) is 24.3 Å². The fraction of sp³-hybridized carbons (Fsp3) is 0.294. The Hall–Kier alpha value is -1.78. The molecule has 0 aliphatic carbocycles. The number of rotatable bonds is 5. The van der Waals surface area contributed by atoms with E-state index in [0.29, 0.717) is 12.0 Å². The molecule has 112 valence electrons. The minimum absolute atomic E-state index is 0.301. The first kappa shape index (κ1) is 15.6. The second-order valence-corrected chi connectivity index (χ2v) is 5.35. The fourth-order valence-electron chi connectivity index (χ4n) is 2.49. The van der Waals surface area contributed by atoms with Crippen molar-refractivity contribution in [3.8, 4) is 0 Å². The van der Waals surface area contributed by atoms with E-state index in [-0.39, 0.29) is 19.0 Å². The van der Waals surface area contributed by atoms with Gasteiger partial charge in [0.2, 0.25) is 0 Å². The molecule has 0 radical (unpaired) electrons. The molecule has 2 N–H and O–H groups in total. The lowest BCUT2D eigenvalue weighted by Crippen LogP contribution is -2.37. The minimum Gasteiger partial charge on any atom is -0.395 e. The molecular weight excluding hydrogens is 274 g/mol.